The topological polar surface area (TPSA) is 49.2 Å². The molecule has 0 saturated heterocycles. The fraction of sp³-hybridized carbons (Fsp3) is 0.444. The predicted octanol–water partition coefficient (Wildman–Crippen LogP) is 4.52. The lowest BCUT2D eigenvalue weighted by molar-refractivity contribution is -0.107. The van der Waals surface area contributed by atoms with Crippen LogP contribution >= 0.6 is 11.6 Å². The molecule has 0 fully saturated rings. The van der Waals surface area contributed by atoms with Gasteiger partial charge in [0.05, 0.1) is 6.61 Å². The van der Waals surface area contributed by atoms with Crippen LogP contribution in [0, 0.1) is 5.41 Å². The summed E-state index contributed by atoms with van der Waals surface area (Å²) >= 11 is 5.95. The molecule has 6 heteroatoms. The summed E-state index contributed by atoms with van der Waals surface area (Å²) < 4.78 is 14.0. The summed E-state index contributed by atoms with van der Waals surface area (Å²) in [7, 11) is 0. The molecule has 0 amide bonds. The maximum absolute atomic E-state index is 6.19. The summed E-state index contributed by atoms with van der Waals surface area (Å²) in [6.45, 7) is 8.82. The van der Waals surface area contributed by atoms with E-state index in [0.717, 1.165) is 0 Å². The number of halogens is 1. The standard InChI is InChI=1S/C18H24ClN3O2/c1-5-6-11-23-16(18(2,3)4)17(22-13-20-12-21-22)24-15-9-7-14(19)8-10-15/h5-10,12-13,16-17H,11H2,1-4H3. The van der Waals surface area contributed by atoms with Crippen molar-refractivity contribution < 1.29 is 9.47 Å². The Kier molecular flexibility index (Phi) is 6.40. The van der Waals surface area contributed by atoms with Crippen LogP contribution in [0.1, 0.15) is 33.9 Å². The number of nitrogens with zero attached hydrogens (tertiary/aromatic N) is 3. The third kappa shape index (κ3) is 5.08. The van der Waals surface area contributed by atoms with Gasteiger partial charge in [0.1, 0.15) is 24.5 Å². The van der Waals surface area contributed by atoms with Gasteiger partial charge >= 0.3 is 0 Å². The average Bonchev–Trinajstić information content (AvgIpc) is 3.05. The van der Waals surface area contributed by atoms with Crippen molar-refractivity contribution in [2.75, 3.05) is 6.61 Å². The minimum absolute atomic E-state index is 0.162. The molecule has 0 N–H and O–H groups in total. The van der Waals surface area contributed by atoms with Crippen LogP contribution in [-0.2, 0) is 4.74 Å². The highest BCUT2D eigenvalue weighted by Gasteiger charge is 2.36. The number of aromatic nitrogens is 3. The number of ether oxygens (including phenoxy) is 2. The molecule has 2 atom stereocenters. The Balaban J connectivity index is 2.30. The van der Waals surface area contributed by atoms with Gasteiger partial charge in [-0.2, -0.15) is 5.10 Å². The van der Waals surface area contributed by atoms with E-state index in [1.54, 1.807) is 23.1 Å². The van der Waals surface area contributed by atoms with Gasteiger partial charge in [-0.3, -0.25) is 0 Å². The fourth-order valence-corrected chi connectivity index (χ4v) is 2.40. The highest BCUT2D eigenvalue weighted by atomic mass is 35.5. The van der Waals surface area contributed by atoms with Gasteiger partial charge in [0.2, 0.25) is 6.23 Å². The molecule has 0 spiro atoms. The van der Waals surface area contributed by atoms with E-state index in [9.17, 15) is 0 Å². The predicted molar refractivity (Wildman–Crippen MR) is 95.1 cm³/mol. The molecule has 24 heavy (non-hydrogen) atoms. The van der Waals surface area contributed by atoms with Crippen molar-refractivity contribution in [1.82, 2.24) is 14.8 Å². The van der Waals surface area contributed by atoms with E-state index in [-0.39, 0.29) is 11.5 Å². The molecule has 1 heterocycles. The first kappa shape index (κ1) is 18.5. The summed E-state index contributed by atoms with van der Waals surface area (Å²) in [6.07, 6.45) is 6.39. The Labute approximate surface area is 148 Å². The normalized spacial score (nSPS) is 14.7. The summed E-state index contributed by atoms with van der Waals surface area (Å²) in [5.74, 6) is 0.698. The highest BCUT2D eigenvalue weighted by molar-refractivity contribution is 6.30. The fourth-order valence-electron chi connectivity index (χ4n) is 2.27. The molecule has 5 nitrogen and oxygen atoms in total. The summed E-state index contributed by atoms with van der Waals surface area (Å²) in [5, 5.41) is 4.91. The Morgan fingerprint density at radius 2 is 1.96 bits per heavy atom. The van der Waals surface area contributed by atoms with Gasteiger partial charge in [0.25, 0.3) is 0 Å². The maximum atomic E-state index is 6.19. The van der Waals surface area contributed by atoms with E-state index in [1.807, 2.05) is 31.2 Å². The lowest BCUT2D eigenvalue weighted by atomic mass is 9.87. The zero-order valence-electron chi connectivity index (χ0n) is 14.5. The van der Waals surface area contributed by atoms with Crippen molar-refractivity contribution in [3.05, 3.63) is 54.1 Å². The summed E-state index contributed by atoms with van der Waals surface area (Å²) in [4.78, 5) is 4.04. The Bertz CT molecular complexity index is 633. The molecule has 1 aromatic heterocycles. The van der Waals surface area contributed by atoms with Crippen molar-refractivity contribution >= 4 is 11.6 Å². The molecule has 1 aromatic carbocycles. The summed E-state index contributed by atoms with van der Waals surface area (Å²) in [6, 6.07) is 7.25. The van der Waals surface area contributed by atoms with Crippen LogP contribution in [0.15, 0.2) is 49.1 Å². The SMILES string of the molecule is CC=CCOC(C(Oc1ccc(Cl)cc1)n1cncn1)C(C)(C)C. The molecular formula is C18H24ClN3O2. The molecule has 0 saturated carbocycles. The number of hydrogen-bond acceptors (Lipinski definition) is 4. The number of allylic oxidation sites excluding steroid dienone is 1. The van der Waals surface area contributed by atoms with E-state index < -0.39 is 6.23 Å². The second-order valence-electron chi connectivity index (χ2n) is 6.53. The number of hydrogen-bond donors (Lipinski definition) is 0. The monoisotopic (exact) mass is 349 g/mol. The molecule has 2 unspecified atom stereocenters. The molecular weight excluding hydrogens is 326 g/mol. The molecule has 0 aliphatic rings. The van der Waals surface area contributed by atoms with E-state index in [4.69, 9.17) is 21.1 Å². The molecule has 0 bridgehead atoms. The lowest BCUT2D eigenvalue weighted by Crippen LogP contribution is -2.41. The van der Waals surface area contributed by atoms with Gasteiger partial charge in [0, 0.05) is 5.02 Å². The van der Waals surface area contributed by atoms with Gasteiger partial charge in [-0.25, -0.2) is 9.67 Å². The van der Waals surface area contributed by atoms with E-state index >= 15 is 0 Å². The van der Waals surface area contributed by atoms with Crippen LogP contribution in [0.2, 0.25) is 5.02 Å². The minimum Gasteiger partial charge on any atom is -0.466 e. The molecule has 0 radical (unpaired) electrons. The second kappa shape index (κ2) is 8.31. The van der Waals surface area contributed by atoms with E-state index in [1.165, 1.54) is 6.33 Å². The van der Waals surface area contributed by atoms with E-state index in [0.29, 0.717) is 17.4 Å². The minimum atomic E-state index is -0.445. The lowest BCUT2D eigenvalue weighted by Gasteiger charge is -2.36. The van der Waals surface area contributed by atoms with Gasteiger partial charge in [0.15, 0.2) is 0 Å². The molecule has 130 valence electrons. The van der Waals surface area contributed by atoms with Gasteiger partial charge in [-0.05, 0) is 36.6 Å². The van der Waals surface area contributed by atoms with Crippen molar-refractivity contribution in [2.24, 2.45) is 5.41 Å². The number of rotatable bonds is 7. The van der Waals surface area contributed by atoms with Crippen LogP contribution in [0.5, 0.6) is 5.75 Å². The number of benzene rings is 1. The van der Waals surface area contributed by atoms with Gasteiger partial charge in [-0.15, -0.1) is 0 Å². The van der Waals surface area contributed by atoms with E-state index in [2.05, 4.69) is 30.9 Å². The second-order valence-corrected chi connectivity index (χ2v) is 6.96. The van der Waals surface area contributed by atoms with Gasteiger partial charge in [-0.1, -0.05) is 44.5 Å². The van der Waals surface area contributed by atoms with Gasteiger partial charge < -0.3 is 9.47 Å². The molecule has 2 aromatic rings. The largest absolute Gasteiger partial charge is 0.466 e. The van der Waals surface area contributed by atoms with Crippen molar-refractivity contribution in [1.29, 1.82) is 0 Å². The Morgan fingerprint density at radius 1 is 1.25 bits per heavy atom. The van der Waals surface area contributed by atoms with Crippen molar-refractivity contribution in [3.63, 3.8) is 0 Å². The smallest absolute Gasteiger partial charge is 0.219 e. The van der Waals surface area contributed by atoms with Crippen LogP contribution < -0.4 is 4.74 Å². The third-order valence-corrected chi connectivity index (χ3v) is 3.74. The van der Waals surface area contributed by atoms with Crippen LogP contribution in [0.4, 0.5) is 0 Å². The molecule has 0 aliphatic carbocycles. The Hall–Kier alpha value is -1.85. The van der Waals surface area contributed by atoms with Crippen molar-refractivity contribution in [3.8, 4) is 5.75 Å². The quantitative estimate of drug-likeness (QED) is 0.690. The zero-order chi connectivity index (χ0) is 17.6. The average molecular weight is 350 g/mol. The van der Waals surface area contributed by atoms with Crippen LogP contribution in [-0.4, -0.2) is 27.5 Å². The third-order valence-electron chi connectivity index (χ3n) is 3.49. The molecule has 0 aliphatic heterocycles. The summed E-state index contributed by atoms with van der Waals surface area (Å²) in [5.41, 5.74) is -0.162. The van der Waals surface area contributed by atoms with Crippen LogP contribution in [0.3, 0.4) is 0 Å². The first-order valence-electron chi connectivity index (χ1n) is 7.91. The van der Waals surface area contributed by atoms with Crippen molar-refractivity contribution in [2.45, 2.75) is 40.0 Å². The highest BCUT2D eigenvalue weighted by Crippen LogP contribution is 2.33. The first-order valence-corrected chi connectivity index (χ1v) is 8.28. The molecule has 2 rings (SSSR count). The van der Waals surface area contributed by atoms with Crippen LogP contribution in [0.25, 0.3) is 0 Å². The zero-order valence-corrected chi connectivity index (χ0v) is 15.3. The first-order chi connectivity index (χ1) is 11.4. The maximum Gasteiger partial charge on any atom is 0.219 e. The Morgan fingerprint density at radius 3 is 2.50 bits per heavy atom.